The predicted octanol–water partition coefficient (Wildman–Crippen LogP) is 2.41. The van der Waals surface area contributed by atoms with E-state index in [4.69, 9.17) is 9.31 Å². The first-order valence-corrected chi connectivity index (χ1v) is 5.97. The molecule has 0 N–H and O–H groups in total. The lowest BCUT2D eigenvalue weighted by molar-refractivity contribution is 0.00578. The molecular formula is C12H20BNO2. The SMILES string of the molecule is CC1(C)OB(C2=CC=NCCC2)OC1(C)C. The summed E-state index contributed by atoms with van der Waals surface area (Å²) in [4.78, 5) is 4.25. The van der Waals surface area contributed by atoms with E-state index in [1.165, 1.54) is 5.47 Å². The molecular weight excluding hydrogens is 201 g/mol. The second-order valence-corrected chi connectivity index (χ2v) is 5.49. The monoisotopic (exact) mass is 221 g/mol. The molecule has 0 spiro atoms. The van der Waals surface area contributed by atoms with Crippen molar-refractivity contribution in [3.8, 4) is 0 Å². The number of hydrogen-bond donors (Lipinski definition) is 0. The third-order valence-corrected chi connectivity index (χ3v) is 3.70. The van der Waals surface area contributed by atoms with E-state index in [1.807, 2.05) is 12.3 Å². The highest BCUT2D eigenvalue weighted by Crippen LogP contribution is 2.39. The van der Waals surface area contributed by atoms with Gasteiger partial charge in [0.15, 0.2) is 0 Å². The molecule has 0 unspecified atom stereocenters. The van der Waals surface area contributed by atoms with Crippen molar-refractivity contribution in [2.75, 3.05) is 6.54 Å². The fourth-order valence-corrected chi connectivity index (χ4v) is 1.87. The van der Waals surface area contributed by atoms with E-state index in [9.17, 15) is 0 Å². The Morgan fingerprint density at radius 2 is 1.81 bits per heavy atom. The average molecular weight is 221 g/mol. The highest BCUT2D eigenvalue weighted by atomic mass is 16.7. The molecule has 0 radical (unpaired) electrons. The van der Waals surface area contributed by atoms with E-state index < -0.39 is 0 Å². The van der Waals surface area contributed by atoms with Gasteiger partial charge in [0.05, 0.1) is 11.2 Å². The summed E-state index contributed by atoms with van der Waals surface area (Å²) in [7, 11) is -0.199. The van der Waals surface area contributed by atoms with Crippen LogP contribution in [0, 0.1) is 0 Å². The second kappa shape index (κ2) is 4.00. The van der Waals surface area contributed by atoms with Gasteiger partial charge in [0.25, 0.3) is 0 Å². The van der Waals surface area contributed by atoms with E-state index in [1.54, 1.807) is 0 Å². The number of hydrogen-bond acceptors (Lipinski definition) is 3. The molecule has 2 heterocycles. The smallest absolute Gasteiger partial charge is 0.400 e. The summed E-state index contributed by atoms with van der Waals surface area (Å²) in [5.74, 6) is 0. The number of allylic oxidation sites excluding steroid dienone is 2. The largest absolute Gasteiger partial charge is 0.490 e. The third kappa shape index (κ3) is 2.09. The van der Waals surface area contributed by atoms with Crippen LogP contribution in [0.1, 0.15) is 40.5 Å². The van der Waals surface area contributed by atoms with Crippen LogP contribution in [-0.2, 0) is 9.31 Å². The first-order valence-electron chi connectivity index (χ1n) is 5.97. The summed E-state index contributed by atoms with van der Waals surface area (Å²) in [5, 5.41) is 0. The minimum Gasteiger partial charge on any atom is -0.400 e. The molecule has 0 aliphatic carbocycles. The van der Waals surface area contributed by atoms with Gasteiger partial charge < -0.3 is 9.31 Å². The molecule has 2 aliphatic heterocycles. The molecule has 0 saturated carbocycles. The predicted molar refractivity (Wildman–Crippen MR) is 66.8 cm³/mol. The maximum absolute atomic E-state index is 6.01. The Hall–Kier alpha value is -0.605. The van der Waals surface area contributed by atoms with Gasteiger partial charge in [0.1, 0.15) is 0 Å². The van der Waals surface area contributed by atoms with E-state index in [-0.39, 0.29) is 18.3 Å². The molecule has 3 nitrogen and oxygen atoms in total. The Balaban J connectivity index is 2.14. The van der Waals surface area contributed by atoms with Crippen LogP contribution >= 0.6 is 0 Å². The molecule has 2 rings (SSSR count). The van der Waals surface area contributed by atoms with Gasteiger partial charge in [0.2, 0.25) is 0 Å². The normalized spacial score (nSPS) is 27.8. The first-order chi connectivity index (χ1) is 7.42. The number of nitrogens with zero attached hydrogens (tertiary/aromatic N) is 1. The number of rotatable bonds is 1. The number of aliphatic imine (C=N–C) groups is 1. The van der Waals surface area contributed by atoms with Crippen LogP contribution in [0.25, 0.3) is 0 Å². The summed E-state index contributed by atoms with van der Waals surface area (Å²) >= 11 is 0. The quantitative estimate of drug-likeness (QED) is 0.636. The Bertz CT molecular complexity index is 318. The Labute approximate surface area is 98.1 Å². The maximum Gasteiger partial charge on any atom is 0.490 e. The van der Waals surface area contributed by atoms with Crippen LogP contribution in [-0.4, -0.2) is 31.1 Å². The summed E-state index contributed by atoms with van der Waals surface area (Å²) in [6.45, 7) is 9.23. The molecule has 0 bridgehead atoms. The zero-order valence-electron chi connectivity index (χ0n) is 10.6. The fraction of sp³-hybridized carbons (Fsp3) is 0.750. The van der Waals surface area contributed by atoms with Crippen molar-refractivity contribution < 1.29 is 9.31 Å². The van der Waals surface area contributed by atoms with Crippen LogP contribution in [0.4, 0.5) is 0 Å². The average Bonchev–Trinajstić information content (AvgIpc) is 2.42. The van der Waals surface area contributed by atoms with Gasteiger partial charge in [-0.3, -0.25) is 4.99 Å². The lowest BCUT2D eigenvalue weighted by Crippen LogP contribution is -2.41. The Morgan fingerprint density at radius 3 is 2.44 bits per heavy atom. The molecule has 16 heavy (non-hydrogen) atoms. The minimum atomic E-state index is -0.248. The van der Waals surface area contributed by atoms with Crippen LogP contribution in [0.15, 0.2) is 16.5 Å². The fourth-order valence-electron chi connectivity index (χ4n) is 1.87. The summed E-state index contributed by atoms with van der Waals surface area (Å²) in [6, 6.07) is 0. The van der Waals surface area contributed by atoms with E-state index in [0.29, 0.717) is 0 Å². The summed E-state index contributed by atoms with van der Waals surface area (Å²) in [5.41, 5.74) is 0.712. The van der Waals surface area contributed by atoms with Crippen molar-refractivity contribution in [1.29, 1.82) is 0 Å². The molecule has 4 heteroatoms. The molecule has 88 valence electrons. The topological polar surface area (TPSA) is 30.8 Å². The van der Waals surface area contributed by atoms with Crippen molar-refractivity contribution in [2.45, 2.75) is 51.7 Å². The second-order valence-electron chi connectivity index (χ2n) is 5.49. The van der Waals surface area contributed by atoms with Crippen molar-refractivity contribution in [3.63, 3.8) is 0 Å². The van der Waals surface area contributed by atoms with E-state index >= 15 is 0 Å². The van der Waals surface area contributed by atoms with Gasteiger partial charge in [-0.25, -0.2) is 0 Å². The molecule has 0 atom stereocenters. The van der Waals surface area contributed by atoms with Gasteiger partial charge in [0, 0.05) is 12.8 Å². The molecule has 0 aromatic rings. The highest BCUT2D eigenvalue weighted by Gasteiger charge is 2.52. The Kier molecular flexibility index (Phi) is 2.97. The first kappa shape index (κ1) is 11.9. The Morgan fingerprint density at radius 1 is 1.19 bits per heavy atom. The molecule has 0 aromatic carbocycles. The minimum absolute atomic E-state index is 0.199. The lowest BCUT2D eigenvalue weighted by atomic mass is 9.75. The van der Waals surface area contributed by atoms with Gasteiger partial charge in [-0.15, -0.1) is 0 Å². The summed E-state index contributed by atoms with van der Waals surface area (Å²) in [6.07, 6.45) is 5.99. The lowest BCUT2D eigenvalue weighted by Gasteiger charge is -2.32. The van der Waals surface area contributed by atoms with Crippen molar-refractivity contribution >= 4 is 13.3 Å². The highest BCUT2D eigenvalue weighted by molar-refractivity contribution is 6.55. The van der Waals surface area contributed by atoms with Gasteiger partial charge in [-0.1, -0.05) is 0 Å². The van der Waals surface area contributed by atoms with Gasteiger partial charge in [-0.05, 0) is 52.1 Å². The zero-order chi connectivity index (χ0) is 11.8. The summed E-state index contributed by atoms with van der Waals surface area (Å²) < 4.78 is 12.0. The van der Waals surface area contributed by atoms with E-state index in [2.05, 4.69) is 32.7 Å². The molecule has 1 saturated heterocycles. The van der Waals surface area contributed by atoms with Crippen molar-refractivity contribution in [1.82, 2.24) is 0 Å². The standard InChI is InChI=1S/C12H20BNO2/c1-11(2)12(3,4)16-13(15-11)10-6-5-8-14-9-7-10/h7,9H,5-6,8H2,1-4H3. The van der Waals surface area contributed by atoms with Crippen LogP contribution in [0.5, 0.6) is 0 Å². The maximum atomic E-state index is 6.01. The zero-order valence-corrected chi connectivity index (χ0v) is 10.6. The van der Waals surface area contributed by atoms with E-state index in [0.717, 1.165) is 19.4 Å². The molecule has 1 fully saturated rings. The van der Waals surface area contributed by atoms with Gasteiger partial charge in [-0.2, -0.15) is 0 Å². The van der Waals surface area contributed by atoms with Crippen LogP contribution in [0.3, 0.4) is 0 Å². The molecule has 2 aliphatic rings. The van der Waals surface area contributed by atoms with Crippen LogP contribution < -0.4 is 0 Å². The van der Waals surface area contributed by atoms with Gasteiger partial charge >= 0.3 is 7.12 Å². The molecule has 0 amide bonds. The van der Waals surface area contributed by atoms with Crippen molar-refractivity contribution in [2.24, 2.45) is 4.99 Å². The van der Waals surface area contributed by atoms with Crippen LogP contribution in [0.2, 0.25) is 0 Å². The van der Waals surface area contributed by atoms with Crippen molar-refractivity contribution in [3.05, 3.63) is 11.5 Å². The molecule has 0 aromatic heterocycles. The third-order valence-electron chi connectivity index (χ3n) is 3.70.